The minimum Gasteiger partial charge on any atom is -0.476 e. The van der Waals surface area contributed by atoms with Gasteiger partial charge in [0.05, 0.1) is 6.61 Å². The Morgan fingerprint density at radius 2 is 2.00 bits per heavy atom. The Bertz CT molecular complexity index is 225. The number of diazo groups is 1. The summed E-state index contributed by atoms with van der Waals surface area (Å²) < 4.78 is 4.84. The molecule has 68 valence electrons. The minimum atomic E-state index is -1.80. The van der Waals surface area contributed by atoms with E-state index < -0.39 is 8.07 Å². The van der Waals surface area contributed by atoms with Crippen LogP contribution in [-0.4, -0.2) is 19.8 Å². The molecule has 0 saturated carbocycles. The summed E-state index contributed by atoms with van der Waals surface area (Å²) in [5.41, 5.74) is 0. The molecule has 0 aliphatic rings. The predicted molar refractivity (Wildman–Crippen MR) is 49.7 cm³/mol. The minimum absolute atomic E-state index is 0.251. The summed E-state index contributed by atoms with van der Waals surface area (Å²) in [6, 6.07) is 0. The largest absolute Gasteiger partial charge is 0.476 e. The van der Waals surface area contributed by atoms with Gasteiger partial charge in [0.2, 0.25) is 13.5 Å². The van der Waals surface area contributed by atoms with Crippen LogP contribution >= 0.6 is 0 Å². The molecule has 0 aliphatic carbocycles. The van der Waals surface area contributed by atoms with Crippen molar-refractivity contribution in [2.45, 2.75) is 26.6 Å². The second kappa shape index (κ2) is 4.12. The number of aliphatic hydroxyl groups excluding tert-OH is 1. The molecule has 0 amide bonds. The van der Waals surface area contributed by atoms with Gasteiger partial charge in [-0.15, -0.1) is 0 Å². The van der Waals surface area contributed by atoms with Gasteiger partial charge in [-0.05, 0) is 6.92 Å². The van der Waals surface area contributed by atoms with E-state index in [0.717, 1.165) is 0 Å². The van der Waals surface area contributed by atoms with Crippen LogP contribution in [0.2, 0.25) is 19.6 Å². The molecule has 0 bridgehead atoms. The maximum absolute atomic E-state index is 9.28. The zero-order valence-corrected chi connectivity index (χ0v) is 8.96. The first-order chi connectivity index (χ1) is 5.43. The summed E-state index contributed by atoms with van der Waals surface area (Å²) in [5, 5.41) is 18.2. The Morgan fingerprint density at radius 1 is 1.50 bits per heavy atom. The average molecular weight is 187 g/mol. The summed E-state index contributed by atoms with van der Waals surface area (Å²) in [7, 11) is -1.80. The molecule has 0 unspecified atom stereocenters. The van der Waals surface area contributed by atoms with E-state index in [1.54, 1.807) is 6.92 Å². The maximum Gasteiger partial charge on any atom is 0.403 e. The molecule has 0 atom stereocenters. The highest BCUT2D eigenvalue weighted by Gasteiger charge is 2.38. The van der Waals surface area contributed by atoms with Gasteiger partial charge in [-0.3, -0.25) is 0 Å². The number of aliphatic hydroxyl groups is 1. The van der Waals surface area contributed by atoms with Crippen molar-refractivity contribution in [2.75, 3.05) is 6.61 Å². The maximum atomic E-state index is 9.28. The van der Waals surface area contributed by atoms with Crippen molar-refractivity contribution >= 4 is 8.07 Å². The van der Waals surface area contributed by atoms with Crippen LogP contribution in [0, 0.1) is 5.39 Å². The quantitative estimate of drug-likeness (QED) is 0.419. The monoisotopic (exact) mass is 187 g/mol. The van der Waals surface area contributed by atoms with Crippen molar-refractivity contribution in [1.82, 2.24) is 0 Å². The Labute approximate surface area is 73.5 Å². The van der Waals surface area contributed by atoms with Gasteiger partial charge in [0.1, 0.15) is 0 Å². The zero-order valence-electron chi connectivity index (χ0n) is 7.96. The third kappa shape index (κ3) is 2.92. The number of rotatable bonds is 3. The van der Waals surface area contributed by atoms with Crippen molar-refractivity contribution in [3.05, 3.63) is 16.2 Å². The van der Waals surface area contributed by atoms with Crippen LogP contribution < -0.4 is 0 Å². The molecule has 0 aromatic heterocycles. The molecular weight excluding hydrogens is 172 g/mol. The Balaban J connectivity index is 4.78. The van der Waals surface area contributed by atoms with Gasteiger partial charge < -0.3 is 9.84 Å². The fourth-order valence-electron chi connectivity index (χ4n) is 0.719. The van der Waals surface area contributed by atoms with E-state index in [-0.39, 0.29) is 5.95 Å². The molecule has 0 radical (unpaired) electrons. The van der Waals surface area contributed by atoms with Crippen molar-refractivity contribution < 1.29 is 9.84 Å². The third-order valence-electron chi connectivity index (χ3n) is 1.29. The van der Waals surface area contributed by atoms with E-state index in [1.807, 2.05) is 19.6 Å². The van der Waals surface area contributed by atoms with Gasteiger partial charge in [-0.1, -0.05) is 19.6 Å². The van der Waals surface area contributed by atoms with Crippen LogP contribution in [0.5, 0.6) is 0 Å². The van der Waals surface area contributed by atoms with Gasteiger partial charge in [0.25, 0.3) is 0 Å². The SMILES string of the molecule is CCO/C(O)=C(/[N+]#N)[Si](C)(C)C. The molecule has 0 heterocycles. The van der Waals surface area contributed by atoms with Crippen LogP contribution in [0.4, 0.5) is 0 Å². The first-order valence-electron chi connectivity index (χ1n) is 3.85. The highest BCUT2D eigenvalue weighted by atomic mass is 28.3. The molecule has 0 saturated heterocycles. The van der Waals surface area contributed by atoms with Crippen LogP contribution in [0.1, 0.15) is 6.92 Å². The lowest BCUT2D eigenvalue weighted by Crippen LogP contribution is -2.24. The Kier molecular flexibility index (Phi) is 3.76. The highest BCUT2D eigenvalue weighted by Crippen LogP contribution is 2.19. The molecule has 0 fully saturated rings. The molecule has 0 spiro atoms. The van der Waals surface area contributed by atoms with Crippen LogP contribution in [0.15, 0.2) is 11.3 Å². The fraction of sp³-hybridized carbons (Fsp3) is 0.714. The first kappa shape index (κ1) is 11.0. The van der Waals surface area contributed by atoms with Crippen LogP contribution in [0.3, 0.4) is 0 Å². The summed E-state index contributed by atoms with van der Waals surface area (Å²) in [4.78, 5) is 3.04. The average Bonchev–Trinajstić information content (AvgIpc) is 1.85. The number of hydrogen-bond acceptors (Lipinski definition) is 3. The lowest BCUT2D eigenvalue weighted by atomic mass is 10.8. The van der Waals surface area contributed by atoms with E-state index in [1.165, 1.54) is 0 Å². The van der Waals surface area contributed by atoms with E-state index in [9.17, 15) is 5.11 Å². The molecule has 4 nitrogen and oxygen atoms in total. The second-order valence-corrected chi connectivity index (χ2v) is 8.41. The van der Waals surface area contributed by atoms with Gasteiger partial charge in [-0.2, -0.15) is 0 Å². The standard InChI is InChI=1S/C7H14N2O2Si/c1-5-11-7(10)6(9-8)12(2,3)4/h5H2,1-4H3/p+1/b7-6-. The van der Waals surface area contributed by atoms with Gasteiger partial charge in [0.15, 0.2) is 4.98 Å². The zero-order chi connectivity index (χ0) is 9.78. The Hall–Kier alpha value is -1.02. The van der Waals surface area contributed by atoms with E-state index in [0.29, 0.717) is 11.9 Å². The lowest BCUT2D eigenvalue weighted by Gasteiger charge is -2.05. The van der Waals surface area contributed by atoms with E-state index in [4.69, 9.17) is 10.1 Å². The third-order valence-corrected chi connectivity index (χ3v) is 3.03. The van der Waals surface area contributed by atoms with Gasteiger partial charge >= 0.3 is 11.3 Å². The summed E-state index contributed by atoms with van der Waals surface area (Å²) in [6.07, 6.45) is 0. The number of hydrogen-bond donors (Lipinski definition) is 1. The van der Waals surface area contributed by atoms with Crippen LogP contribution in [-0.2, 0) is 4.74 Å². The van der Waals surface area contributed by atoms with Gasteiger partial charge in [-0.25, -0.2) is 0 Å². The molecular formula is C7H15N2O2Si+. The molecule has 0 aromatic carbocycles. The van der Waals surface area contributed by atoms with Crippen LogP contribution in [0.25, 0.3) is 4.98 Å². The summed E-state index contributed by atoms with van der Waals surface area (Å²) in [5.74, 6) is -0.251. The summed E-state index contributed by atoms with van der Waals surface area (Å²) in [6.45, 7) is 8.00. The van der Waals surface area contributed by atoms with Crippen molar-refractivity contribution in [1.29, 1.82) is 5.39 Å². The molecule has 0 rings (SSSR count). The van der Waals surface area contributed by atoms with Crippen molar-refractivity contribution in [2.24, 2.45) is 0 Å². The van der Waals surface area contributed by atoms with Crippen molar-refractivity contribution in [3.8, 4) is 0 Å². The summed E-state index contributed by atoms with van der Waals surface area (Å²) >= 11 is 0. The second-order valence-electron chi connectivity index (χ2n) is 3.44. The molecule has 0 aliphatic heterocycles. The van der Waals surface area contributed by atoms with E-state index in [2.05, 4.69) is 4.98 Å². The molecule has 12 heavy (non-hydrogen) atoms. The Morgan fingerprint density at radius 3 is 2.25 bits per heavy atom. The van der Waals surface area contributed by atoms with Gasteiger partial charge in [0, 0.05) is 0 Å². The number of ether oxygens (including phenoxy) is 1. The lowest BCUT2D eigenvalue weighted by molar-refractivity contribution is 0.101. The molecule has 0 aromatic rings. The predicted octanol–water partition coefficient (Wildman–Crippen LogP) is 2.48. The number of nitrogens with zero attached hydrogens (tertiary/aromatic N) is 2. The van der Waals surface area contributed by atoms with Crippen molar-refractivity contribution in [3.63, 3.8) is 0 Å². The van der Waals surface area contributed by atoms with E-state index >= 15 is 0 Å². The molecule has 1 N–H and O–H groups in total. The first-order valence-corrected chi connectivity index (χ1v) is 7.35. The highest BCUT2D eigenvalue weighted by molar-refractivity contribution is 6.83. The topological polar surface area (TPSA) is 57.6 Å². The normalized spacial score (nSPS) is 13.2. The smallest absolute Gasteiger partial charge is 0.403 e. The fourth-order valence-corrected chi connectivity index (χ4v) is 1.73. The molecule has 5 heteroatoms.